The second-order valence-corrected chi connectivity index (χ2v) is 8.04. The zero-order valence-electron chi connectivity index (χ0n) is 14.7. The first-order valence-corrected chi connectivity index (χ1v) is 10.2. The molecule has 3 aliphatic rings. The average molecular weight is 414 g/mol. The largest absolute Gasteiger partial charge is 0.477 e. The van der Waals surface area contributed by atoms with Crippen LogP contribution in [0.15, 0.2) is 22.6 Å². The van der Waals surface area contributed by atoms with E-state index in [2.05, 4.69) is 0 Å². The quantitative estimate of drug-likeness (QED) is 0.510. The maximum atomic E-state index is 12.8. The summed E-state index contributed by atoms with van der Waals surface area (Å²) in [6.07, 6.45) is 0. The first-order chi connectivity index (χ1) is 12.8. The zero-order valence-corrected chi connectivity index (χ0v) is 16.3. The van der Waals surface area contributed by atoms with Crippen molar-refractivity contribution in [1.29, 1.82) is 0 Å². The second kappa shape index (κ2) is 7.85. The van der Waals surface area contributed by atoms with Crippen LogP contribution in [0, 0.1) is 0 Å². The number of carboxylic acids is 1. The summed E-state index contributed by atoms with van der Waals surface area (Å²) in [6.45, 7) is 2.81. The van der Waals surface area contributed by atoms with Crippen LogP contribution < -0.4 is 0 Å². The highest BCUT2D eigenvalue weighted by Gasteiger charge is 2.57. The molecule has 3 heterocycles. The van der Waals surface area contributed by atoms with Gasteiger partial charge in [-0.2, -0.15) is 0 Å². The number of esters is 1. The van der Waals surface area contributed by atoms with Gasteiger partial charge in [-0.1, -0.05) is 0 Å². The fraction of sp³-hybridized carbons (Fsp3) is 0.500. The van der Waals surface area contributed by atoms with Crippen molar-refractivity contribution >= 4 is 47.3 Å². The minimum atomic E-state index is -1.27. The number of β-lactam (4-membered cyclic amide) rings is 1. The smallest absolute Gasteiger partial charge is 0.352 e. The number of ether oxygens (including phenoxy) is 2. The lowest BCUT2D eigenvalue weighted by atomic mass is 10.0. The number of hydrogen-bond acceptors (Lipinski definition) is 8. The molecule has 3 rings (SSSR count). The summed E-state index contributed by atoms with van der Waals surface area (Å²) < 4.78 is 10.4. The summed E-state index contributed by atoms with van der Waals surface area (Å²) in [6, 6.07) is -0.831. The number of thioether (sulfide) groups is 2. The van der Waals surface area contributed by atoms with Crippen LogP contribution in [0.25, 0.3) is 0 Å². The van der Waals surface area contributed by atoms with Crippen LogP contribution in [-0.4, -0.2) is 74.8 Å². The van der Waals surface area contributed by atoms with Gasteiger partial charge in [0.05, 0.1) is 6.61 Å². The summed E-state index contributed by atoms with van der Waals surface area (Å²) in [5.74, 6) is -1.32. The Balaban J connectivity index is 1.88. The molecular weight excluding hydrogens is 396 g/mol. The number of fused-ring (bicyclic) bond motifs is 1. The molecule has 146 valence electrons. The van der Waals surface area contributed by atoms with Gasteiger partial charge in [0.15, 0.2) is 0 Å². The molecule has 27 heavy (non-hydrogen) atoms. The Hall–Kier alpha value is -2.14. The van der Waals surface area contributed by atoms with Gasteiger partial charge >= 0.3 is 11.9 Å². The second-order valence-electron chi connectivity index (χ2n) is 5.96. The molecule has 0 aromatic heterocycles. The van der Waals surface area contributed by atoms with Gasteiger partial charge in [0.1, 0.15) is 23.7 Å². The molecule has 2 amide bonds. The van der Waals surface area contributed by atoms with Crippen LogP contribution in [0.1, 0.15) is 13.8 Å². The molecule has 0 saturated carbocycles. The lowest BCUT2D eigenvalue weighted by molar-refractivity contribution is -0.160. The van der Waals surface area contributed by atoms with Crippen LogP contribution in [0.4, 0.5) is 0 Å². The van der Waals surface area contributed by atoms with E-state index in [9.17, 15) is 24.3 Å². The highest BCUT2D eigenvalue weighted by atomic mass is 32.2. The third-order valence-corrected chi connectivity index (χ3v) is 6.26. The molecule has 0 radical (unpaired) electrons. The SMILES string of the molecule is CC(=O)OCC1=C(C(=O)O)N2C(=O)C(N(C(C)=O)C3=CSCCO3)C2SC1. The van der Waals surface area contributed by atoms with Crippen molar-refractivity contribution in [2.45, 2.75) is 25.3 Å². The van der Waals surface area contributed by atoms with Crippen molar-refractivity contribution in [3.8, 4) is 0 Å². The normalized spacial score (nSPS) is 24.3. The molecule has 1 saturated heterocycles. The van der Waals surface area contributed by atoms with E-state index in [1.165, 1.54) is 42.3 Å². The number of carbonyl (C=O) groups excluding carboxylic acids is 3. The third-order valence-electron chi connectivity index (χ3n) is 4.16. The highest BCUT2D eigenvalue weighted by Crippen LogP contribution is 2.43. The third kappa shape index (κ3) is 3.65. The van der Waals surface area contributed by atoms with Gasteiger partial charge in [0.2, 0.25) is 11.8 Å². The summed E-state index contributed by atoms with van der Waals surface area (Å²) >= 11 is 2.81. The Morgan fingerprint density at radius 2 is 2.15 bits per heavy atom. The zero-order chi connectivity index (χ0) is 19.7. The molecule has 0 aromatic carbocycles. The Morgan fingerprint density at radius 1 is 1.41 bits per heavy atom. The highest BCUT2D eigenvalue weighted by molar-refractivity contribution is 8.02. The number of nitrogens with zero attached hydrogens (tertiary/aromatic N) is 2. The van der Waals surface area contributed by atoms with Crippen LogP contribution in [-0.2, 0) is 28.7 Å². The summed E-state index contributed by atoms with van der Waals surface area (Å²) in [5, 5.41) is 10.7. The van der Waals surface area contributed by atoms with E-state index in [0.29, 0.717) is 18.1 Å². The minimum Gasteiger partial charge on any atom is -0.477 e. The van der Waals surface area contributed by atoms with E-state index < -0.39 is 29.3 Å². The van der Waals surface area contributed by atoms with E-state index in [-0.39, 0.29) is 24.0 Å². The molecule has 2 unspecified atom stereocenters. The lowest BCUT2D eigenvalue weighted by Crippen LogP contribution is -2.71. The molecule has 2 atom stereocenters. The summed E-state index contributed by atoms with van der Waals surface area (Å²) in [5.41, 5.74) is 0.168. The van der Waals surface area contributed by atoms with Crippen LogP contribution in [0.3, 0.4) is 0 Å². The molecule has 0 bridgehead atoms. The van der Waals surface area contributed by atoms with E-state index in [1.54, 1.807) is 5.41 Å². The molecule has 11 heteroatoms. The lowest BCUT2D eigenvalue weighted by Gasteiger charge is -2.52. The van der Waals surface area contributed by atoms with Crippen LogP contribution in [0.2, 0.25) is 0 Å². The van der Waals surface area contributed by atoms with Gasteiger partial charge in [-0.05, 0) is 0 Å². The monoisotopic (exact) mass is 414 g/mol. The molecular formula is C16H18N2O7S2. The van der Waals surface area contributed by atoms with Crippen molar-refractivity contribution in [2.75, 3.05) is 24.7 Å². The van der Waals surface area contributed by atoms with Gasteiger partial charge in [0, 0.05) is 36.3 Å². The summed E-state index contributed by atoms with van der Waals surface area (Å²) in [7, 11) is 0. The first kappa shape index (κ1) is 19.6. The van der Waals surface area contributed by atoms with E-state index in [1.807, 2.05) is 0 Å². The predicted molar refractivity (Wildman–Crippen MR) is 97.2 cm³/mol. The maximum Gasteiger partial charge on any atom is 0.352 e. The number of hydrogen-bond donors (Lipinski definition) is 1. The van der Waals surface area contributed by atoms with Crippen LogP contribution >= 0.6 is 23.5 Å². The fourth-order valence-electron chi connectivity index (χ4n) is 3.04. The minimum absolute atomic E-state index is 0.183. The topological polar surface area (TPSA) is 113 Å². The van der Waals surface area contributed by atoms with Crippen molar-refractivity contribution in [3.05, 3.63) is 22.6 Å². The molecule has 3 aliphatic heterocycles. The molecule has 0 spiro atoms. The fourth-order valence-corrected chi connectivity index (χ4v) is 5.03. The van der Waals surface area contributed by atoms with Gasteiger partial charge in [0.25, 0.3) is 5.91 Å². The van der Waals surface area contributed by atoms with E-state index >= 15 is 0 Å². The van der Waals surface area contributed by atoms with Gasteiger partial charge in [-0.3, -0.25) is 24.2 Å². The van der Waals surface area contributed by atoms with Crippen molar-refractivity contribution < 1.29 is 33.8 Å². The van der Waals surface area contributed by atoms with Crippen LogP contribution in [0.5, 0.6) is 0 Å². The molecule has 1 fully saturated rings. The number of rotatable bonds is 5. The number of aliphatic carboxylic acids is 1. The van der Waals surface area contributed by atoms with E-state index in [0.717, 1.165) is 10.7 Å². The molecule has 9 nitrogen and oxygen atoms in total. The Morgan fingerprint density at radius 3 is 2.70 bits per heavy atom. The molecule has 0 aromatic rings. The Bertz CT molecular complexity index is 764. The average Bonchev–Trinajstić information content (AvgIpc) is 2.63. The summed E-state index contributed by atoms with van der Waals surface area (Å²) in [4.78, 5) is 50.2. The predicted octanol–water partition coefficient (Wildman–Crippen LogP) is 0.583. The maximum absolute atomic E-state index is 12.8. The molecule has 1 N–H and O–H groups in total. The van der Waals surface area contributed by atoms with Gasteiger partial charge in [-0.25, -0.2) is 4.79 Å². The Kier molecular flexibility index (Phi) is 5.70. The standard InChI is InChI=1S/C16H18N2O7S2/c1-8(19)17(11-7-26-4-3-24-11)13-14(21)18-12(16(22)23)10(5-25-9(2)20)6-27-15(13)18/h7,13,15H,3-6H2,1-2H3,(H,22,23). The van der Waals surface area contributed by atoms with Crippen molar-refractivity contribution in [3.63, 3.8) is 0 Å². The number of carboxylic acid groups (broad SMARTS) is 1. The van der Waals surface area contributed by atoms with Gasteiger partial charge in [-0.15, -0.1) is 23.5 Å². The number of amides is 2. The number of carbonyl (C=O) groups is 4. The Labute approximate surface area is 163 Å². The van der Waals surface area contributed by atoms with Gasteiger partial charge < -0.3 is 14.6 Å². The molecule has 0 aliphatic carbocycles. The van der Waals surface area contributed by atoms with E-state index in [4.69, 9.17) is 9.47 Å². The van der Waals surface area contributed by atoms with Crippen molar-refractivity contribution in [1.82, 2.24) is 9.80 Å². The first-order valence-electron chi connectivity index (χ1n) is 8.10. The van der Waals surface area contributed by atoms with Crippen molar-refractivity contribution in [2.24, 2.45) is 0 Å².